The van der Waals surface area contributed by atoms with E-state index in [1.54, 1.807) is 6.07 Å². The zero-order valence-electron chi connectivity index (χ0n) is 19.0. The van der Waals surface area contributed by atoms with E-state index < -0.39 is 6.04 Å². The van der Waals surface area contributed by atoms with E-state index in [2.05, 4.69) is 34.9 Å². The van der Waals surface area contributed by atoms with E-state index in [4.69, 9.17) is 4.84 Å². The zero-order valence-corrected chi connectivity index (χ0v) is 19.0. The molecule has 7 heteroatoms. The second-order valence-electron chi connectivity index (χ2n) is 8.84. The molecule has 0 saturated heterocycles. The van der Waals surface area contributed by atoms with Crippen molar-refractivity contribution in [2.24, 2.45) is 0 Å². The van der Waals surface area contributed by atoms with Crippen molar-refractivity contribution in [3.8, 4) is 11.5 Å². The van der Waals surface area contributed by atoms with Crippen LogP contribution in [0.15, 0.2) is 30.3 Å². The lowest BCUT2D eigenvalue weighted by Crippen LogP contribution is -2.41. The summed E-state index contributed by atoms with van der Waals surface area (Å²) in [5, 5.41) is 23.8. The number of hydrogen-bond donors (Lipinski definition) is 4. The van der Waals surface area contributed by atoms with Crippen LogP contribution in [0.4, 0.5) is 0 Å². The first-order valence-electron chi connectivity index (χ1n) is 11.1. The van der Waals surface area contributed by atoms with Crippen LogP contribution in [-0.2, 0) is 22.6 Å². The number of aromatic hydroxyl groups is 2. The normalized spacial score (nSPS) is 18.6. The maximum Gasteiger partial charge on any atom is 0.245 e. The lowest BCUT2D eigenvalue weighted by molar-refractivity contribution is -0.123. The Bertz CT molecular complexity index is 1080. The van der Waals surface area contributed by atoms with E-state index in [1.165, 1.54) is 17.2 Å². The van der Waals surface area contributed by atoms with Crippen LogP contribution in [0.3, 0.4) is 0 Å². The molecule has 0 aromatic heterocycles. The average molecular weight is 438 g/mol. The maximum absolute atomic E-state index is 12.9. The SMILES string of the molecule is CCNC(=O)C1NOC(c2cc(C(C)C)c(O)cc2O)=C1c1ccc2c(c1)CCN(C)C2. The van der Waals surface area contributed by atoms with E-state index >= 15 is 0 Å². The quantitative estimate of drug-likeness (QED) is 0.574. The smallest absolute Gasteiger partial charge is 0.245 e. The highest BCUT2D eigenvalue weighted by Gasteiger charge is 2.36. The minimum absolute atomic E-state index is 0.0348. The molecule has 4 rings (SSSR count). The number of benzene rings is 2. The topological polar surface area (TPSA) is 94.1 Å². The number of rotatable bonds is 5. The van der Waals surface area contributed by atoms with Gasteiger partial charge in [0.05, 0.1) is 5.56 Å². The molecular weight excluding hydrogens is 406 g/mol. The van der Waals surface area contributed by atoms with Gasteiger partial charge in [0.15, 0.2) is 11.8 Å². The van der Waals surface area contributed by atoms with E-state index in [1.807, 2.05) is 26.8 Å². The molecule has 0 aliphatic carbocycles. The van der Waals surface area contributed by atoms with Gasteiger partial charge < -0.3 is 25.3 Å². The summed E-state index contributed by atoms with van der Waals surface area (Å²) in [6.07, 6.45) is 0.935. The van der Waals surface area contributed by atoms with Crippen molar-refractivity contribution in [1.82, 2.24) is 15.7 Å². The Hall–Kier alpha value is -3.03. The predicted molar refractivity (Wildman–Crippen MR) is 124 cm³/mol. The first-order valence-corrected chi connectivity index (χ1v) is 11.1. The molecule has 2 aliphatic heterocycles. The number of phenols is 2. The molecule has 7 nitrogen and oxygen atoms in total. The number of nitrogens with zero attached hydrogens (tertiary/aromatic N) is 1. The van der Waals surface area contributed by atoms with Gasteiger partial charge in [-0.1, -0.05) is 32.0 Å². The minimum Gasteiger partial charge on any atom is -0.508 e. The number of nitrogens with one attached hydrogen (secondary N) is 2. The van der Waals surface area contributed by atoms with Crippen molar-refractivity contribution in [3.05, 3.63) is 58.1 Å². The highest BCUT2D eigenvalue weighted by atomic mass is 16.7. The second kappa shape index (κ2) is 8.84. The fourth-order valence-electron chi connectivity index (χ4n) is 4.42. The van der Waals surface area contributed by atoms with Gasteiger partial charge in [-0.3, -0.25) is 4.79 Å². The summed E-state index contributed by atoms with van der Waals surface area (Å²) in [7, 11) is 2.11. The average Bonchev–Trinajstić information content (AvgIpc) is 3.18. The molecule has 2 aromatic rings. The van der Waals surface area contributed by atoms with Gasteiger partial charge >= 0.3 is 0 Å². The van der Waals surface area contributed by atoms with Gasteiger partial charge in [-0.2, -0.15) is 0 Å². The van der Waals surface area contributed by atoms with E-state index in [-0.39, 0.29) is 23.3 Å². The molecule has 1 unspecified atom stereocenters. The monoisotopic (exact) mass is 437 g/mol. The van der Waals surface area contributed by atoms with Crippen molar-refractivity contribution < 1.29 is 19.8 Å². The van der Waals surface area contributed by atoms with Gasteiger partial charge in [-0.25, -0.2) is 0 Å². The van der Waals surface area contributed by atoms with Crippen molar-refractivity contribution >= 4 is 17.2 Å². The Balaban J connectivity index is 1.88. The molecule has 170 valence electrons. The molecule has 2 aromatic carbocycles. The van der Waals surface area contributed by atoms with Gasteiger partial charge in [0.2, 0.25) is 5.91 Å². The van der Waals surface area contributed by atoms with Crippen molar-refractivity contribution in [3.63, 3.8) is 0 Å². The number of fused-ring (bicyclic) bond motifs is 1. The van der Waals surface area contributed by atoms with Gasteiger partial charge in [-0.15, -0.1) is 5.48 Å². The highest BCUT2D eigenvalue weighted by Crippen LogP contribution is 2.42. The van der Waals surface area contributed by atoms with Crippen LogP contribution in [0.25, 0.3) is 11.3 Å². The lowest BCUT2D eigenvalue weighted by atomic mass is 9.89. The first kappa shape index (κ1) is 22.2. The molecule has 0 bridgehead atoms. The molecule has 0 fully saturated rings. The summed E-state index contributed by atoms with van der Waals surface area (Å²) in [6, 6.07) is 8.59. The van der Waals surface area contributed by atoms with E-state index in [9.17, 15) is 15.0 Å². The Morgan fingerprint density at radius 3 is 2.72 bits per heavy atom. The molecule has 2 aliphatic rings. The molecule has 0 radical (unpaired) electrons. The molecular formula is C25H31N3O4. The fraction of sp³-hybridized carbons (Fsp3) is 0.400. The summed E-state index contributed by atoms with van der Waals surface area (Å²) in [6.45, 7) is 8.18. The lowest BCUT2D eigenvalue weighted by Gasteiger charge is -2.25. The van der Waals surface area contributed by atoms with Crippen LogP contribution >= 0.6 is 0 Å². The summed E-state index contributed by atoms with van der Waals surface area (Å²) >= 11 is 0. The van der Waals surface area contributed by atoms with Crippen LogP contribution in [0.1, 0.15) is 54.5 Å². The van der Waals surface area contributed by atoms with Crippen LogP contribution in [0.2, 0.25) is 0 Å². The molecule has 2 heterocycles. The molecule has 0 saturated carbocycles. The third-order valence-electron chi connectivity index (χ3n) is 6.16. The fourth-order valence-corrected chi connectivity index (χ4v) is 4.42. The Labute approximate surface area is 188 Å². The summed E-state index contributed by atoms with van der Waals surface area (Å²) < 4.78 is 0. The van der Waals surface area contributed by atoms with Crippen molar-refractivity contribution in [1.29, 1.82) is 0 Å². The molecule has 32 heavy (non-hydrogen) atoms. The summed E-state index contributed by atoms with van der Waals surface area (Å²) in [5.41, 5.74) is 8.08. The Kier molecular flexibility index (Phi) is 6.13. The van der Waals surface area contributed by atoms with Crippen LogP contribution in [0.5, 0.6) is 11.5 Å². The predicted octanol–water partition coefficient (Wildman–Crippen LogP) is 3.12. The first-order chi connectivity index (χ1) is 15.3. The van der Waals surface area contributed by atoms with Gasteiger partial charge in [0, 0.05) is 31.3 Å². The van der Waals surface area contributed by atoms with Crippen molar-refractivity contribution in [2.45, 2.75) is 45.7 Å². The summed E-state index contributed by atoms with van der Waals surface area (Å²) in [4.78, 5) is 21.0. The second-order valence-corrected chi connectivity index (χ2v) is 8.84. The van der Waals surface area contributed by atoms with E-state index in [0.717, 1.165) is 25.1 Å². The number of carbonyl (C=O) groups excluding carboxylic acids is 1. The number of carbonyl (C=O) groups is 1. The van der Waals surface area contributed by atoms with Crippen LogP contribution in [-0.4, -0.2) is 47.2 Å². The van der Waals surface area contributed by atoms with Gasteiger partial charge in [0.1, 0.15) is 11.5 Å². The highest BCUT2D eigenvalue weighted by molar-refractivity contribution is 6.05. The van der Waals surface area contributed by atoms with Gasteiger partial charge in [0.25, 0.3) is 0 Å². The standard InChI is InChI=1S/C25H31N3O4/c1-5-26-25(31)23-22(16-6-7-17-13-28(4)9-8-15(17)10-16)24(32-27-23)19-11-18(14(2)3)20(29)12-21(19)30/h6-7,10-12,14,23,27,29-30H,5,8-9,13H2,1-4H3,(H,26,31). The third-order valence-corrected chi connectivity index (χ3v) is 6.16. The number of amides is 1. The van der Waals surface area contributed by atoms with E-state index in [0.29, 0.717) is 29.0 Å². The number of hydroxylamine groups is 1. The molecule has 1 amide bonds. The largest absolute Gasteiger partial charge is 0.508 e. The Morgan fingerprint density at radius 2 is 2.00 bits per heavy atom. The van der Waals surface area contributed by atoms with Crippen molar-refractivity contribution in [2.75, 3.05) is 20.1 Å². The molecule has 1 atom stereocenters. The number of phenolic OH excluding ortho intramolecular Hbond substituents is 2. The number of hydrogen-bond acceptors (Lipinski definition) is 6. The third kappa shape index (κ3) is 4.06. The van der Waals surface area contributed by atoms with Crippen LogP contribution in [0, 0.1) is 0 Å². The molecule has 0 spiro atoms. The van der Waals surface area contributed by atoms with Crippen LogP contribution < -0.4 is 10.8 Å². The zero-order chi connectivity index (χ0) is 23.0. The van der Waals surface area contributed by atoms with Gasteiger partial charge in [-0.05, 0) is 54.6 Å². The number of likely N-dealkylation sites (N-methyl/N-ethyl adjacent to an activating group) is 2. The summed E-state index contributed by atoms with van der Waals surface area (Å²) in [5.74, 6) is 0.184. The Morgan fingerprint density at radius 1 is 1.22 bits per heavy atom. The minimum atomic E-state index is -0.718. The maximum atomic E-state index is 12.9. The molecule has 4 N–H and O–H groups in total.